The second kappa shape index (κ2) is 5.99. The van der Waals surface area contributed by atoms with E-state index in [1.54, 1.807) is 0 Å². The zero-order valence-corrected chi connectivity index (χ0v) is 10.7. The van der Waals surface area contributed by atoms with Crippen molar-refractivity contribution in [3.63, 3.8) is 0 Å². The van der Waals surface area contributed by atoms with Crippen molar-refractivity contribution in [2.45, 2.75) is 44.7 Å². The van der Waals surface area contributed by atoms with Crippen LogP contribution >= 0.6 is 0 Å². The SMILES string of the molecule is C[C@H](NC[C@H]1CCCN1C)[C@@H]1CCCOC1. The zero-order valence-electron chi connectivity index (χ0n) is 10.7. The highest BCUT2D eigenvalue weighted by Crippen LogP contribution is 2.18. The van der Waals surface area contributed by atoms with E-state index in [0.29, 0.717) is 6.04 Å². The van der Waals surface area contributed by atoms with Crippen molar-refractivity contribution in [3.8, 4) is 0 Å². The van der Waals surface area contributed by atoms with Gasteiger partial charge < -0.3 is 15.0 Å². The minimum atomic E-state index is 0.606. The second-order valence-electron chi connectivity index (χ2n) is 5.45. The Bertz CT molecular complexity index is 204. The molecule has 3 atom stereocenters. The average molecular weight is 226 g/mol. The molecule has 0 amide bonds. The van der Waals surface area contributed by atoms with Crippen molar-refractivity contribution in [2.75, 3.05) is 33.4 Å². The van der Waals surface area contributed by atoms with Crippen LogP contribution in [0.4, 0.5) is 0 Å². The summed E-state index contributed by atoms with van der Waals surface area (Å²) < 4.78 is 5.55. The smallest absolute Gasteiger partial charge is 0.0509 e. The van der Waals surface area contributed by atoms with E-state index in [2.05, 4.69) is 24.2 Å². The number of likely N-dealkylation sites (tertiary alicyclic amines) is 1. The van der Waals surface area contributed by atoms with E-state index in [4.69, 9.17) is 4.74 Å². The average Bonchev–Trinajstić information content (AvgIpc) is 2.73. The third kappa shape index (κ3) is 3.19. The minimum Gasteiger partial charge on any atom is -0.381 e. The van der Waals surface area contributed by atoms with Gasteiger partial charge in [-0.05, 0) is 52.1 Å². The van der Waals surface area contributed by atoms with E-state index in [1.165, 1.54) is 32.2 Å². The largest absolute Gasteiger partial charge is 0.381 e. The summed E-state index contributed by atoms with van der Waals surface area (Å²) in [6.45, 7) is 6.65. The fourth-order valence-electron chi connectivity index (χ4n) is 2.89. The fourth-order valence-corrected chi connectivity index (χ4v) is 2.89. The lowest BCUT2D eigenvalue weighted by Gasteiger charge is -2.30. The molecule has 0 radical (unpaired) electrons. The van der Waals surface area contributed by atoms with Gasteiger partial charge in [0.2, 0.25) is 0 Å². The fraction of sp³-hybridized carbons (Fsp3) is 1.00. The van der Waals surface area contributed by atoms with Crippen molar-refractivity contribution < 1.29 is 4.74 Å². The lowest BCUT2D eigenvalue weighted by Crippen LogP contribution is -2.44. The minimum absolute atomic E-state index is 0.606. The van der Waals surface area contributed by atoms with Gasteiger partial charge >= 0.3 is 0 Å². The van der Waals surface area contributed by atoms with Crippen molar-refractivity contribution in [3.05, 3.63) is 0 Å². The quantitative estimate of drug-likeness (QED) is 0.786. The Balaban J connectivity index is 1.68. The normalized spacial score (nSPS) is 34.1. The van der Waals surface area contributed by atoms with Gasteiger partial charge in [0.1, 0.15) is 0 Å². The van der Waals surface area contributed by atoms with Crippen LogP contribution < -0.4 is 5.32 Å². The molecule has 0 aromatic carbocycles. The summed E-state index contributed by atoms with van der Waals surface area (Å²) in [5.41, 5.74) is 0. The summed E-state index contributed by atoms with van der Waals surface area (Å²) in [5.74, 6) is 0.723. The van der Waals surface area contributed by atoms with Crippen LogP contribution in [0.25, 0.3) is 0 Å². The molecule has 0 spiro atoms. The number of nitrogens with zero attached hydrogens (tertiary/aromatic N) is 1. The molecule has 2 aliphatic heterocycles. The Labute approximate surface area is 99.5 Å². The third-order valence-electron chi connectivity index (χ3n) is 4.25. The summed E-state index contributed by atoms with van der Waals surface area (Å²) in [7, 11) is 2.24. The topological polar surface area (TPSA) is 24.5 Å². The van der Waals surface area contributed by atoms with Crippen molar-refractivity contribution in [2.24, 2.45) is 5.92 Å². The molecule has 3 heteroatoms. The molecule has 0 bridgehead atoms. The van der Waals surface area contributed by atoms with Gasteiger partial charge in [-0.3, -0.25) is 0 Å². The van der Waals surface area contributed by atoms with Gasteiger partial charge in [0.05, 0.1) is 6.61 Å². The molecule has 2 saturated heterocycles. The number of likely N-dealkylation sites (N-methyl/N-ethyl adjacent to an activating group) is 1. The van der Waals surface area contributed by atoms with E-state index >= 15 is 0 Å². The van der Waals surface area contributed by atoms with Crippen molar-refractivity contribution >= 4 is 0 Å². The second-order valence-corrected chi connectivity index (χ2v) is 5.45. The Morgan fingerprint density at radius 3 is 2.88 bits per heavy atom. The molecule has 0 saturated carbocycles. The Morgan fingerprint density at radius 1 is 1.38 bits per heavy atom. The summed E-state index contributed by atoms with van der Waals surface area (Å²) in [5, 5.41) is 3.70. The van der Waals surface area contributed by atoms with E-state index in [9.17, 15) is 0 Å². The first kappa shape index (κ1) is 12.3. The van der Waals surface area contributed by atoms with Gasteiger partial charge in [0.15, 0.2) is 0 Å². The van der Waals surface area contributed by atoms with Crippen LogP contribution in [0, 0.1) is 5.92 Å². The molecule has 0 aromatic heterocycles. The van der Waals surface area contributed by atoms with Crippen LogP contribution in [0.2, 0.25) is 0 Å². The Hall–Kier alpha value is -0.120. The van der Waals surface area contributed by atoms with E-state index in [0.717, 1.165) is 31.7 Å². The zero-order chi connectivity index (χ0) is 11.4. The van der Waals surface area contributed by atoms with E-state index < -0.39 is 0 Å². The Kier molecular flexibility index (Phi) is 4.62. The van der Waals surface area contributed by atoms with Crippen LogP contribution in [-0.2, 0) is 4.74 Å². The van der Waals surface area contributed by atoms with Crippen molar-refractivity contribution in [1.82, 2.24) is 10.2 Å². The number of hydrogen-bond acceptors (Lipinski definition) is 3. The highest BCUT2D eigenvalue weighted by atomic mass is 16.5. The van der Waals surface area contributed by atoms with Gasteiger partial charge in [0, 0.05) is 25.2 Å². The monoisotopic (exact) mass is 226 g/mol. The van der Waals surface area contributed by atoms with Gasteiger partial charge in [-0.25, -0.2) is 0 Å². The van der Waals surface area contributed by atoms with E-state index in [1.807, 2.05) is 0 Å². The lowest BCUT2D eigenvalue weighted by atomic mass is 9.95. The van der Waals surface area contributed by atoms with Crippen LogP contribution in [0.3, 0.4) is 0 Å². The van der Waals surface area contributed by atoms with Gasteiger partial charge in [-0.2, -0.15) is 0 Å². The number of ether oxygens (including phenoxy) is 1. The van der Waals surface area contributed by atoms with E-state index in [-0.39, 0.29) is 0 Å². The molecular formula is C13H26N2O. The predicted molar refractivity (Wildman–Crippen MR) is 66.7 cm³/mol. The van der Waals surface area contributed by atoms with Gasteiger partial charge in [0.25, 0.3) is 0 Å². The molecule has 16 heavy (non-hydrogen) atoms. The molecule has 2 fully saturated rings. The number of hydrogen-bond donors (Lipinski definition) is 1. The maximum atomic E-state index is 5.55. The standard InChI is InChI=1S/C13H26N2O/c1-11(12-5-4-8-16-10-12)14-9-13-6-3-7-15(13)2/h11-14H,3-10H2,1-2H3/t11-,12+,13+/m0/s1. The first-order chi connectivity index (χ1) is 7.77. The van der Waals surface area contributed by atoms with Crippen LogP contribution in [0.5, 0.6) is 0 Å². The number of nitrogens with one attached hydrogen (secondary N) is 1. The predicted octanol–water partition coefficient (Wildman–Crippen LogP) is 1.49. The van der Waals surface area contributed by atoms with Crippen LogP contribution in [0.15, 0.2) is 0 Å². The molecule has 2 aliphatic rings. The molecule has 2 rings (SSSR count). The summed E-state index contributed by atoms with van der Waals surface area (Å²) in [6, 6.07) is 1.36. The van der Waals surface area contributed by atoms with Gasteiger partial charge in [-0.15, -0.1) is 0 Å². The van der Waals surface area contributed by atoms with Crippen LogP contribution in [0.1, 0.15) is 32.6 Å². The molecule has 2 heterocycles. The van der Waals surface area contributed by atoms with Gasteiger partial charge in [-0.1, -0.05) is 0 Å². The summed E-state index contributed by atoms with van der Waals surface area (Å²) in [4.78, 5) is 2.48. The first-order valence-electron chi connectivity index (χ1n) is 6.78. The first-order valence-corrected chi connectivity index (χ1v) is 6.78. The molecule has 1 N–H and O–H groups in total. The summed E-state index contributed by atoms with van der Waals surface area (Å²) >= 11 is 0. The molecular weight excluding hydrogens is 200 g/mol. The van der Waals surface area contributed by atoms with Crippen LogP contribution in [-0.4, -0.2) is 50.3 Å². The third-order valence-corrected chi connectivity index (χ3v) is 4.25. The number of rotatable bonds is 4. The maximum Gasteiger partial charge on any atom is 0.0509 e. The maximum absolute atomic E-state index is 5.55. The Morgan fingerprint density at radius 2 is 2.25 bits per heavy atom. The highest BCUT2D eigenvalue weighted by molar-refractivity contribution is 4.81. The highest BCUT2D eigenvalue weighted by Gasteiger charge is 2.24. The molecule has 94 valence electrons. The molecule has 0 unspecified atom stereocenters. The molecule has 0 aliphatic carbocycles. The van der Waals surface area contributed by atoms with Crippen molar-refractivity contribution in [1.29, 1.82) is 0 Å². The lowest BCUT2D eigenvalue weighted by molar-refractivity contribution is 0.0412. The molecule has 0 aromatic rings. The summed E-state index contributed by atoms with van der Waals surface area (Å²) in [6.07, 6.45) is 5.29. The molecule has 3 nitrogen and oxygen atoms in total.